The lowest BCUT2D eigenvalue weighted by Crippen LogP contribution is -2.52. The Bertz CT molecular complexity index is 262. The fourth-order valence-corrected chi connectivity index (χ4v) is 2.78. The summed E-state index contributed by atoms with van der Waals surface area (Å²) < 4.78 is 0. The van der Waals surface area contributed by atoms with Crippen LogP contribution in [0.5, 0.6) is 0 Å². The number of nitrogens with zero attached hydrogens (tertiary/aromatic N) is 2. The molecule has 20 heavy (non-hydrogen) atoms. The second kappa shape index (κ2) is 10.2. The zero-order valence-electron chi connectivity index (χ0n) is 13.4. The van der Waals surface area contributed by atoms with E-state index < -0.39 is 0 Å². The van der Waals surface area contributed by atoms with Crippen molar-refractivity contribution in [2.45, 2.75) is 64.8 Å². The lowest BCUT2D eigenvalue weighted by molar-refractivity contribution is -0.133. The number of rotatable bonds is 9. The van der Waals surface area contributed by atoms with Gasteiger partial charge in [0.25, 0.3) is 0 Å². The van der Waals surface area contributed by atoms with Crippen LogP contribution in [0.4, 0.5) is 0 Å². The molecular weight excluding hydrogens is 250 g/mol. The molecule has 4 nitrogen and oxygen atoms in total. The monoisotopic (exact) mass is 283 g/mol. The van der Waals surface area contributed by atoms with Gasteiger partial charge >= 0.3 is 0 Å². The Balaban J connectivity index is 2.10. The highest BCUT2D eigenvalue weighted by molar-refractivity contribution is 5.76. The van der Waals surface area contributed by atoms with E-state index in [4.69, 9.17) is 5.73 Å². The highest BCUT2D eigenvalue weighted by Crippen LogP contribution is 2.11. The van der Waals surface area contributed by atoms with E-state index in [0.29, 0.717) is 18.5 Å². The normalized spacial score (nSPS) is 18.2. The molecule has 1 unspecified atom stereocenters. The van der Waals surface area contributed by atoms with E-state index in [1.165, 1.54) is 32.1 Å². The molecule has 0 radical (unpaired) electrons. The predicted molar refractivity (Wildman–Crippen MR) is 84.7 cm³/mol. The van der Waals surface area contributed by atoms with Crippen LogP contribution in [0.2, 0.25) is 0 Å². The zero-order valence-corrected chi connectivity index (χ0v) is 13.4. The number of carbonyl (C=O) groups excluding carboxylic acids is 1. The van der Waals surface area contributed by atoms with E-state index in [9.17, 15) is 4.79 Å². The van der Waals surface area contributed by atoms with Gasteiger partial charge < -0.3 is 10.6 Å². The van der Waals surface area contributed by atoms with E-state index in [2.05, 4.69) is 18.7 Å². The maximum absolute atomic E-state index is 12.1. The Hall–Kier alpha value is -0.610. The van der Waals surface area contributed by atoms with Gasteiger partial charge in [0.1, 0.15) is 0 Å². The molecule has 0 aromatic rings. The van der Waals surface area contributed by atoms with Gasteiger partial charge in [-0.2, -0.15) is 0 Å². The van der Waals surface area contributed by atoms with Gasteiger partial charge in [0.15, 0.2) is 0 Å². The van der Waals surface area contributed by atoms with Crippen LogP contribution in [0.25, 0.3) is 0 Å². The summed E-state index contributed by atoms with van der Waals surface area (Å²) in [5.74, 6) is 0.348. The molecule has 1 amide bonds. The van der Waals surface area contributed by atoms with Crippen LogP contribution in [-0.2, 0) is 4.79 Å². The molecule has 1 atom stereocenters. The molecular formula is C16H33N3O. The number of unbranched alkanes of at least 4 members (excludes halogenated alkanes) is 5. The minimum atomic E-state index is 0.348. The molecule has 2 N–H and O–H groups in total. The molecule has 0 spiro atoms. The molecule has 0 saturated carbocycles. The van der Waals surface area contributed by atoms with Crippen molar-refractivity contribution in [1.82, 2.24) is 9.80 Å². The molecule has 0 aromatic heterocycles. The first-order valence-electron chi connectivity index (χ1n) is 8.41. The highest BCUT2D eigenvalue weighted by Gasteiger charge is 2.22. The minimum Gasteiger partial charge on any atom is -0.340 e. The van der Waals surface area contributed by atoms with Crippen molar-refractivity contribution in [2.24, 2.45) is 5.73 Å². The Morgan fingerprint density at radius 3 is 2.25 bits per heavy atom. The quantitative estimate of drug-likeness (QED) is 0.660. The lowest BCUT2D eigenvalue weighted by Gasteiger charge is -2.37. The van der Waals surface area contributed by atoms with Crippen LogP contribution in [0, 0.1) is 0 Å². The van der Waals surface area contributed by atoms with Gasteiger partial charge in [-0.1, -0.05) is 39.0 Å². The molecule has 0 bridgehead atoms. The Morgan fingerprint density at radius 1 is 1.05 bits per heavy atom. The summed E-state index contributed by atoms with van der Waals surface area (Å²) in [4.78, 5) is 16.5. The van der Waals surface area contributed by atoms with Gasteiger partial charge in [-0.05, 0) is 13.3 Å². The number of hydrogen-bond donors (Lipinski definition) is 1. The van der Waals surface area contributed by atoms with Crippen LogP contribution in [0.15, 0.2) is 0 Å². The van der Waals surface area contributed by atoms with Crippen molar-refractivity contribution in [3.05, 3.63) is 0 Å². The number of carbonyl (C=O) groups is 1. The first-order valence-corrected chi connectivity index (χ1v) is 8.41. The Kier molecular flexibility index (Phi) is 8.86. The van der Waals surface area contributed by atoms with E-state index >= 15 is 0 Å². The maximum atomic E-state index is 12.1. The van der Waals surface area contributed by atoms with Gasteiger partial charge in [-0.3, -0.25) is 9.69 Å². The van der Waals surface area contributed by atoms with Crippen LogP contribution in [-0.4, -0.2) is 54.5 Å². The van der Waals surface area contributed by atoms with Crippen molar-refractivity contribution in [3.63, 3.8) is 0 Å². The zero-order chi connectivity index (χ0) is 14.8. The molecule has 0 aliphatic carbocycles. The fourth-order valence-electron chi connectivity index (χ4n) is 2.78. The van der Waals surface area contributed by atoms with Gasteiger partial charge in [-0.25, -0.2) is 0 Å². The standard InChI is InChI=1S/C16H33N3O/c1-3-4-5-6-7-8-9-16(20)19-12-10-18(11-13-19)15(2)14-17/h15H,3-14,17H2,1-2H3. The average Bonchev–Trinajstić information content (AvgIpc) is 2.50. The highest BCUT2D eigenvalue weighted by atomic mass is 16.2. The summed E-state index contributed by atoms with van der Waals surface area (Å²) in [5.41, 5.74) is 5.69. The predicted octanol–water partition coefficient (Wildman–Crippen LogP) is 2.23. The van der Waals surface area contributed by atoms with Gasteiger partial charge in [0.05, 0.1) is 0 Å². The molecule has 1 heterocycles. The van der Waals surface area contributed by atoms with Crippen LogP contribution in [0.3, 0.4) is 0 Å². The smallest absolute Gasteiger partial charge is 0.222 e. The summed E-state index contributed by atoms with van der Waals surface area (Å²) in [6, 6.07) is 0.436. The SMILES string of the molecule is CCCCCCCCC(=O)N1CCN(C(C)CN)CC1. The molecule has 4 heteroatoms. The molecule has 0 aromatic carbocycles. The molecule has 1 aliphatic heterocycles. The third-order valence-electron chi connectivity index (χ3n) is 4.38. The summed E-state index contributed by atoms with van der Waals surface area (Å²) in [6.45, 7) is 8.79. The topological polar surface area (TPSA) is 49.6 Å². The summed E-state index contributed by atoms with van der Waals surface area (Å²) >= 11 is 0. The fraction of sp³-hybridized carbons (Fsp3) is 0.938. The molecule has 118 valence electrons. The molecule has 1 saturated heterocycles. The number of piperazine rings is 1. The van der Waals surface area contributed by atoms with Crippen LogP contribution >= 0.6 is 0 Å². The molecule has 1 fully saturated rings. The van der Waals surface area contributed by atoms with Gasteiger partial charge in [0, 0.05) is 45.2 Å². The van der Waals surface area contributed by atoms with Crippen molar-refractivity contribution in [3.8, 4) is 0 Å². The largest absolute Gasteiger partial charge is 0.340 e. The molecule has 1 rings (SSSR count). The van der Waals surface area contributed by atoms with Crippen molar-refractivity contribution in [1.29, 1.82) is 0 Å². The summed E-state index contributed by atoms with van der Waals surface area (Å²) in [6.07, 6.45) is 8.21. The van der Waals surface area contributed by atoms with Gasteiger partial charge in [0.2, 0.25) is 5.91 Å². The van der Waals surface area contributed by atoms with Crippen molar-refractivity contribution in [2.75, 3.05) is 32.7 Å². The summed E-state index contributed by atoms with van der Waals surface area (Å²) in [5, 5.41) is 0. The summed E-state index contributed by atoms with van der Waals surface area (Å²) in [7, 11) is 0. The van der Waals surface area contributed by atoms with E-state index in [1.807, 2.05) is 4.90 Å². The Labute approximate surface area is 124 Å². The van der Waals surface area contributed by atoms with Crippen molar-refractivity contribution >= 4 is 5.91 Å². The van der Waals surface area contributed by atoms with E-state index in [-0.39, 0.29) is 0 Å². The van der Waals surface area contributed by atoms with Gasteiger partial charge in [-0.15, -0.1) is 0 Å². The first kappa shape index (κ1) is 17.4. The third kappa shape index (κ3) is 6.23. The second-order valence-corrected chi connectivity index (χ2v) is 6.02. The van der Waals surface area contributed by atoms with E-state index in [0.717, 1.165) is 39.0 Å². The van der Waals surface area contributed by atoms with E-state index in [1.54, 1.807) is 0 Å². The number of amides is 1. The number of hydrogen-bond acceptors (Lipinski definition) is 3. The first-order chi connectivity index (χ1) is 9.69. The second-order valence-electron chi connectivity index (χ2n) is 6.02. The maximum Gasteiger partial charge on any atom is 0.222 e. The minimum absolute atomic E-state index is 0.348. The van der Waals surface area contributed by atoms with Crippen molar-refractivity contribution < 1.29 is 4.79 Å². The third-order valence-corrected chi connectivity index (χ3v) is 4.38. The Morgan fingerprint density at radius 2 is 1.65 bits per heavy atom. The number of nitrogens with two attached hydrogens (primary N) is 1. The van der Waals surface area contributed by atoms with Crippen LogP contribution < -0.4 is 5.73 Å². The lowest BCUT2D eigenvalue weighted by atomic mass is 10.1. The average molecular weight is 283 g/mol. The molecule has 1 aliphatic rings. The van der Waals surface area contributed by atoms with Crippen LogP contribution in [0.1, 0.15) is 58.8 Å².